The Morgan fingerprint density at radius 2 is 2.05 bits per heavy atom. The van der Waals surface area contributed by atoms with Crippen molar-refractivity contribution in [2.24, 2.45) is 0 Å². The van der Waals surface area contributed by atoms with E-state index in [2.05, 4.69) is 15.6 Å². The molecule has 0 fully saturated rings. The smallest absolute Gasteiger partial charge is 0.251 e. The molecule has 0 aliphatic rings. The molecule has 20 heavy (non-hydrogen) atoms. The third-order valence-electron chi connectivity index (χ3n) is 2.50. The monoisotopic (exact) mass is 291 g/mol. The molecular weight excluding hydrogens is 278 g/mol. The highest BCUT2D eigenvalue weighted by atomic mass is 32.1. The number of hydrogen-bond acceptors (Lipinski definition) is 5. The van der Waals surface area contributed by atoms with Crippen molar-refractivity contribution >= 4 is 28.3 Å². The van der Waals surface area contributed by atoms with E-state index in [1.165, 1.54) is 11.3 Å². The van der Waals surface area contributed by atoms with Crippen molar-refractivity contribution in [1.82, 2.24) is 10.3 Å². The van der Waals surface area contributed by atoms with Crippen LogP contribution >= 0.6 is 11.3 Å². The number of rotatable bonds is 5. The normalized spacial score (nSPS) is 11.7. The molecule has 3 N–H and O–H groups in total. The van der Waals surface area contributed by atoms with Gasteiger partial charge in [0.25, 0.3) is 11.8 Å². The van der Waals surface area contributed by atoms with Gasteiger partial charge in [-0.25, -0.2) is 4.98 Å². The topological polar surface area (TPSA) is 91.3 Å². The largest absolute Gasteiger partial charge is 0.394 e. The first-order valence-electron chi connectivity index (χ1n) is 5.88. The third-order valence-corrected chi connectivity index (χ3v) is 3.19. The highest BCUT2D eigenvalue weighted by Crippen LogP contribution is 2.10. The van der Waals surface area contributed by atoms with E-state index in [1.54, 1.807) is 41.9 Å². The molecule has 2 rings (SSSR count). The van der Waals surface area contributed by atoms with Gasteiger partial charge < -0.3 is 15.7 Å². The zero-order valence-corrected chi connectivity index (χ0v) is 11.3. The SMILES string of the molecule is O=C(NC(CO)C(=O)Nc1nccs1)c1ccccc1. The van der Waals surface area contributed by atoms with E-state index in [-0.39, 0.29) is 0 Å². The molecule has 0 radical (unpaired) electrons. The highest BCUT2D eigenvalue weighted by Gasteiger charge is 2.21. The lowest BCUT2D eigenvalue weighted by Gasteiger charge is -2.15. The zero-order chi connectivity index (χ0) is 14.4. The minimum absolute atomic E-state index is 0.418. The molecule has 0 aliphatic heterocycles. The van der Waals surface area contributed by atoms with E-state index >= 15 is 0 Å². The summed E-state index contributed by atoms with van der Waals surface area (Å²) in [6.45, 7) is -0.490. The molecule has 0 saturated carbocycles. The summed E-state index contributed by atoms with van der Waals surface area (Å²) >= 11 is 1.26. The van der Waals surface area contributed by atoms with Crippen molar-refractivity contribution in [3.05, 3.63) is 47.5 Å². The van der Waals surface area contributed by atoms with Crippen molar-refractivity contribution in [1.29, 1.82) is 0 Å². The number of thiazole rings is 1. The second-order valence-electron chi connectivity index (χ2n) is 3.90. The maximum absolute atomic E-state index is 11.9. The Kier molecular flexibility index (Phi) is 4.80. The summed E-state index contributed by atoms with van der Waals surface area (Å²) < 4.78 is 0. The number of amides is 2. The number of hydrogen-bond donors (Lipinski definition) is 3. The van der Waals surface area contributed by atoms with Gasteiger partial charge in [0.15, 0.2) is 5.13 Å². The molecule has 1 atom stereocenters. The van der Waals surface area contributed by atoms with E-state index in [1.807, 2.05) is 0 Å². The Bertz CT molecular complexity index is 572. The molecule has 2 amide bonds. The maximum Gasteiger partial charge on any atom is 0.251 e. The van der Waals surface area contributed by atoms with Gasteiger partial charge in [-0.15, -0.1) is 11.3 Å². The molecule has 7 heteroatoms. The molecule has 1 aromatic carbocycles. The number of benzene rings is 1. The quantitative estimate of drug-likeness (QED) is 0.762. The number of aliphatic hydroxyl groups is 1. The Balaban J connectivity index is 1.98. The molecule has 2 aromatic rings. The molecule has 1 unspecified atom stereocenters. The van der Waals surface area contributed by atoms with Crippen molar-refractivity contribution in [3.8, 4) is 0 Å². The van der Waals surface area contributed by atoms with Crippen LogP contribution in [0.25, 0.3) is 0 Å². The summed E-state index contributed by atoms with van der Waals surface area (Å²) in [5.74, 6) is -0.925. The van der Waals surface area contributed by atoms with Crippen LogP contribution in [-0.4, -0.2) is 34.6 Å². The molecule has 1 aromatic heterocycles. The van der Waals surface area contributed by atoms with Crippen LogP contribution in [0.1, 0.15) is 10.4 Å². The molecule has 0 saturated heterocycles. The minimum atomic E-state index is -1.02. The fourth-order valence-electron chi connectivity index (χ4n) is 1.50. The molecule has 0 spiro atoms. The fourth-order valence-corrected chi connectivity index (χ4v) is 2.03. The number of carbonyl (C=O) groups is 2. The summed E-state index contributed by atoms with van der Waals surface area (Å²) in [4.78, 5) is 27.7. The minimum Gasteiger partial charge on any atom is -0.394 e. The van der Waals surface area contributed by atoms with Crippen LogP contribution in [0.3, 0.4) is 0 Å². The Hall–Kier alpha value is -2.25. The molecule has 104 valence electrons. The summed E-state index contributed by atoms with van der Waals surface area (Å²) in [6, 6.07) is 7.46. The Morgan fingerprint density at radius 3 is 2.65 bits per heavy atom. The van der Waals surface area contributed by atoms with Crippen molar-refractivity contribution < 1.29 is 14.7 Å². The average Bonchev–Trinajstić information content (AvgIpc) is 2.98. The van der Waals surface area contributed by atoms with Gasteiger partial charge >= 0.3 is 0 Å². The first kappa shape index (κ1) is 14.2. The number of aromatic nitrogens is 1. The standard InChI is InChI=1S/C13H13N3O3S/c17-8-10(12(19)16-13-14-6-7-20-13)15-11(18)9-4-2-1-3-5-9/h1-7,10,17H,8H2,(H,15,18)(H,14,16,19). The van der Waals surface area contributed by atoms with E-state index in [9.17, 15) is 14.7 Å². The lowest BCUT2D eigenvalue weighted by atomic mass is 10.2. The summed E-state index contributed by atoms with van der Waals surface area (Å²) in [5, 5.41) is 16.4. The maximum atomic E-state index is 11.9. The molecule has 1 heterocycles. The van der Waals surface area contributed by atoms with Gasteiger partial charge in [0, 0.05) is 17.1 Å². The lowest BCUT2D eigenvalue weighted by molar-refractivity contribution is -0.118. The highest BCUT2D eigenvalue weighted by molar-refractivity contribution is 7.13. The van der Waals surface area contributed by atoms with Gasteiger partial charge in [-0.05, 0) is 12.1 Å². The summed E-state index contributed by atoms with van der Waals surface area (Å²) in [5.41, 5.74) is 0.424. The molecule has 6 nitrogen and oxygen atoms in total. The van der Waals surface area contributed by atoms with Crippen LogP contribution in [0.5, 0.6) is 0 Å². The number of nitrogens with one attached hydrogen (secondary N) is 2. The average molecular weight is 291 g/mol. The summed E-state index contributed by atoms with van der Waals surface area (Å²) in [6.07, 6.45) is 1.55. The first-order valence-corrected chi connectivity index (χ1v) is 6.76. The number of carbonyl (C=O) groups excluding carboxylic acids is 2. The van der Waals surface area contributed by atoms with Crippen molar-refractivity contribution in [2.45, 2.75) is 6.04 Å². The first-order chi connectivity index (χ1) is 9.70. The van der Waals surface area contributed by atoms with Crippen LogP contribution < -0.4 is 10.6 Å². The van der Waals surface area contributed by atoms with Crippen LogP contribution in [0.2, 0.25) is 0 Å². The van der Waals surface area contributed by atoms with Crippen molar-refractivity contribution in [3.63, 3.8) is 0 Å². The van der Waals surface area contributed by atoms with Gasteiger partial charge in [-0.1, -0.05) is 18.2 Å². The third kappa shape index (κ3) is 3.62. The van der Waals surface area contributed by atoms with E-state index in [0.717, 1.165) is 0 Å². The van der Waals surface area contributed by atoms with Crippen LogP contribution in [0.15, 0.2) is 41.9 Å². The van der Waals surface area contributed by atoms with Crippen molar-refractivity contribution in [2.75, 3.05) is 11.9 Å². The zero-order valence-electron chi connectivity index (χ0n) is 10.4. The van der Waals surface area contributed by atoms with Crippen LogP contribution in [0, 0.1) is 0 Å². The predicted molar refractivity (Wildman–Crippen MR) is 75.5 cm³/mol. The van der Waals surface area contributed by atoms with Gasteiger partial charge in [0.1, 0.15) is 6.04 Å². The number of nitrogens with zero attached hydrogens (tertiary/aromatic N) is 1. The Morgan fingerprint density at radius 1 is 1.30 bits per heavy atom. The van der Waals surface area contributed by atoms with Gasteiger partial charge in [-0.2, -0.15) is 0 Å². The van der Waals surface area contributed by atoms with Gasteiger partial charge in [0.05, 0.1) is 6.61 Å². The predicted octanol–water partition coefficient (Wildman–Crippen LogP) is 0.873. The van der Waals surface area contributed by atoms with Crippen LogP contribution in [0.4, 0.5) is 5.13 Å². The van der Waals surface area contributed by atoms with E-state index < -0.39 is 24.5 Å². The van der Waals surface area contributed by atoms with Crippen LogP contribution in [-0.2, 0) is 4.79 Å². The lowest BCUT2D eigenvalue weighted by Crippen LogP contribution is -2.46. The number of anilines is 1. The second kappa shape index (κ2) is 6.78. The van der Waals surface area contributed by atoms with Gasteiger partial charge in [-0.3, -0.25) is 9.59 Å². The second-order valence-corrected chi connectivity index (χ2v) is 4.80. The Labute approximate surface area is 119 Å². The fraction of sp³-hybridized carbons (Fsp3) is 0.154. The van der Waals surface area contributed by atoms with E-state index in [0.29, 0.717) is 10.7 Å². The molecular formula is C13H13N3O3S. The molecule has 0 aliphatic carbocycles. The van der Waals surface area contributed by atoms with Gasteiger partial charge in [0.2, 0.25) is 0 Å². The van der Waals surface area contributed by atoms with E-state index in [4.69, 9.17) is 0 Å². The molecule has 0 bridgehead atoms. The summed E-state index contributed by atoms with van der Waals surface area (Å²) in [7, 11) is 0. The number of aliphatic hydroxyl groups excluding tert-OH is 1.